The van der Waals surface area contributed by atoms with Crippen LogP contribution >= 0.6 is 0 Å². The van der Waals surface area contributed by atoms with Gasteiger partial charge in [-0.15, -0.1) is 6.42 Å². The molecule has 2 N–H and O–H groups in total. The number of rotatable bonds is 3. The van der Waals surface area contributed by atoms with E-state index in [1.807, 2.05) is 0 Å². The standard InChI is InChI=1S/C11H8F3NO2/c1-2-5-15-9-4-3-7(11(12,13)14)6-8(9)10(16)17/h1,3-4,6,15H,5H2,(H,16,17). The molecule has 0 amide bonds. The summed E-state index contributed by atoms with van der Waals surface area (Å²) in [6.45, 7) is 0.0334. The van der Waals surface area contributed by atoms with Crippen LogP contribution in [0.15, 0.2) is 18.2 Å². The lowest BCUT2D eigenvalue weighted by molar-refractivity contribution is -0.137. The first-order valence-electron chi connectivity index (χ1n) is 4.48. The minimum Gasteiger partial charge on any atom is -0.478 e. The molecule has 0 saturated heterocycles. The fourth-order valence-electron chi connectivity index (χ4n) is 1.20. The predicted octanol–water partition coefficient (Wildman–Crippen LogP) is 2.45. The molecule has 1 aromatic carbocycles. The van der Waals surface area contributed by atoms with E-state index in [1.54, 1.807) is 0 Å². The highest BCUT2D eigenvalue weighted by atomic mass is 19.4. The largest absolute Gasteiger partial charge is 0.478 e. The zero-order chi connectivity index (χ0) is 13.1. The van der Waals surface area contributed by atoms with Gasteiger partial charge in [0.1, 0.15) is 0 Å². The lowest BCUT2D eigenvalue weighted by Gasteiger charge is -2.11. The highest BCUT2D eigenvalue weighted by molar-refractivity contribution is 5.94. The molecule has 3 nitrogen and oxygen atoms in total. The Bertz CT molecular complexity index is 475. The molecule has 0 aliphatic heterocycles. The quantitative estimate of drug-likeness (QED) is 0.801. The van der Waals surface area contributed by atoms with Gasteiger partial charge in [-0.2, -0.15) is 13.2 Å². The van der Waals surface area contributed by atoms with E-state index in [1.165, 1.54) is 0 Å². The van der Waals surface area contributed by atoms with Crippen molar-refractivity contribution in [2.45, 2.75) is 6.18 Å². The van der Waals surface area contributed by atoms with E-state index in [4.69, 9.17) is 11.5 Å². The number of nitrogens with one attached hydrogen (secondary N) is 1. The van der Waals surface area contributed by atoms with Gasteiger partial charge in [0.2, 0.25) is 0 Å². The van der Waals surface area contributed by atoms with E-state index in [0.717, 1.165) is 12.1 Å². The Kier molecular flexibility index (Phi) is 3.63. The first kappa shape index (κ1) is 12.9. The van der Waals surface area contributed by atoms with Gasteiger partial charge in [0, 0.05) is 5.69 Å². The Balaban J connectivity index is 3.18. The van der Waals surface area contributed by atoms with Crippen LogP contribution in [-0.2, 0) is 6.18 Å². The Morgan fingerprint density at radius 3 is 2.59 bits per heavy atom. The summed E-state index contributed by atoms with van der Waals surface area (Å²) in [5.74, 6) is 0.752. The van der Waals surface area contributed by atoms with Crippen LogP contribution in [0, 0.1) is 12.3 Å². The Morgan fingerprint density at radius 1 is 1.47 bits per heavy atom. The molecule has 17 heavy (non-hydrogen) atoms. The Labute approximate surface area is 95.3 Å². The molecule has 0 radical (unpaired) electrons. The molecule has 0 bridgehead atoms. The third kappa shape index (κ3) is 3.14. The van der Waals surface area contributed by atoms with E-state index in [-0.39, 0.29) is 12.2 Å². The molecule has 0 fully saturated rings. The number of aromatic carboxylic acids is 1. The fourth-order valence-corrected chi connectivity index (χ4v) is 1.20. The summed E-state index contributed by atoms with van der Waals surface area (Å²) in [5, 5.41) is 11.3. The first-order valence-corrected chi connectivity index (χ1v) is 4.48. The number of benzene rings is 1. The first-order chi connectivity index (χ1) is 7.86. The number of hydrogen-bond acceptors (Lipinski definition) is 2. The number of hydrogen-bond donors (Lipinski definition) is 2. The van der Waals surface area contributed by atoms with Crippen LogP contribution in [0.2, 0.25) is 0 Å². The lowest BCUT2D eigenvalue weighted by atomic mass is 10.1. The number of terminal acetylenes is 1. The number of carbonyl (C=O) groups is 1. The van der Waals surface area contributed by atoms with Crippen LogP contribution in [0.25, 0.3) is 0 Å². The third-order valence-electron chi connectivity index (χ3n) is 1.96. The van der Waals surface area contributed by atoms with Gasteiger partial charge in [0.05, 0.1) is 17.7 Å². The zero-order valence-electron chi connectivity index (χ0n) is 8.51. The minimum absolute atomic E-state index is 0.0334. The van der Waals surface area contributed by atoms with Gasteiger partial charge in [0.15, 0.2) is 0 Å². The molecule has 0 atom stereocenters. The van der Waals surface area contributed by atoms with Crippen LogP contribution in [-0.4, -0.2) is 17.6 Å². The Morgan fingerprint density at radius 2 is 2.12 bits per heavy atom. The van der Waals surface area contributed by atoms with Gasteiger partial charge in [-0.3, -0.25) is 0 Å². The molecule has 0 aromatic heterocycles. The van der Waals surface area contributed by atoms with Gasteiger partial charge < -0.3 is 10.4 Å². The van der Waals surface area contributed by atoms with Gasteiger partial charge >= 0.3 is 12.1 Å². The SMILES string of the molecule is C#CCNc1ccc(C(F)(F)F)cc1C(=O)O. The zero-order valence-corrected chi connectivity index (χ0v) is 8.51. The molecule has 1 rings (SSSR count). The summed E-state index contributed by atoms with van der Waals surface area (Å²) in [4.78, 5) is 10.8. The average molecular weight is 243 g/mol. The number of anilines is 1. The molecule has 0 aliphatic rings. The number of alkyl halides is 3. The van der Waals surface area contributed by atoms with Crippen LogP contribution < -0.4 is 5.32 Å². The van der Waals surface area contributed by atoms with Crippen molar-refractivity contribution in [2.75, 3.05) is 11.9 Å². The summed E-state index contributed by atoms with van der Waals surface area (Å²) in [5.41, 5.74) is -1.42. The summed E-state index contributed by atoms with van der Waals surface area (Å²) in [6.07, 6.45) is 0.387. The van der Waals surface area contributed by atoms with E-state index in [9.17, 15) is 18.0 Å². The lowest BCUT2D eigenvalue weighted by Crippen LogP contribution is -2.11. The summed E-state index contributed by atoms with van der Waals surface area (Å²) < 4.78 is 37.1. The molecule has 0 saturated carbocycles. The molecule has 0 heterocycles. The topological polar surface area (TPSA) is 49.3 Å². The van der Waals surface area contributed by atoms with E-state index < -0.39 is 23.3 Å². The second-order valence-electron chi connectivity index (χ2n) is 3.12. The van der Waals surface area contributed by atoms with Crippen LogP contribution in [0.3, 0.4) is 0 Å². The molecule has 90 valence electrons. The molecule has 0 unspecified atom stereocenters. The number of carboxylic acids is 1. The summed E-state index contributed by atoms with van der Waals surface area (Å²) in [6, 6.07) is 2.41. The van der Waals surface area contributed by atoms with Gasteiger partial charge in [-0.1, -0.05) is 5.92 Å². The summed E-state index contributed by atoms with van der Waals surface area (Å²) >= 11 is 0. The predicted molar refractivity (Wildman–Crippen MR) is 55.7 cm³/mol. The highest BCUT2D eigenvalue weighted by Gasteiger charge is 2.31. The second-order valence-corrected chi connectivity index (χ2v) is 3.12. The van der Waals surface area contributed by atoms with Gasteiger partial charge in [-0.25, -0.2) is 4.79 Å². The van der Waals surface area contributed by atoms with Crippen molar-refractivity contribution in [3.8, 4) is 12.3 Å². The van der Waals surface area contributed by atoms with Gasteiger partial charge in [-0.05, 0) is 18.2 Å². The molecular weight excluding hydrogens is 235 g/mol. The van der Waals surface area contributed by atoms with E-state index in [2.05, 4.69) is 11.2 Å². The maximum atomic E-state index is 12.4. The maximum absolute atomic E-state index is 12.4. The van der Waals surface area contributed by atoms with Crippen molar-refractivity contribution in [1.82, 2.24) is 0 Å². The minimum atomic E-state index is -4.57. The third-order valence-corrected chi connectivity index (χ3v) is 1.96. The molecule has 0 aliphatic carbocycles. The highest BCUT2D eigenvalue weighted by Crippen LogP contribution is 2.31. The van der Waals surface area contributed by atoms with Crippen LogP contribution in [0.4, 0.5) is 18.9 Å². The van der Waals surface area contributed by atoms with E-state index >= 15 is 0 Å². The van der Waals surface area contributed by atoms with E-state index in [0.29, 0.717) is 6.07 Å². The number of carboxylic acid groups (broad SMARTS) is 1. The van der Waals surface area contributed by atoms with Crippen molar-refractivity contribution in [3.63, 3.8) is 0 Å². The van der Waals surface area contributed by atoms with Crippen molar-refractivity contribution < 1.29 is 23.1 Å². The van der Waals surface area contributed by atoms with Crippen molar-refractivity contribution in [1.29, 1.82) is 0 Å². The second kappa shape index (κ2) is 4.78. The van der Waals surface area contributed by atoms with Crippen molar-refractivity contribution in [2.24, 2.45) is 0 Å². The van der Waals surface area contributed by atoms with Crippen molar-refractivity contribution >= 4 is 11.7 Å². The normalized spacial score (nSPS) is 10.7. The fraction of sp³-hybridized carbons (Fsp3) is 0.182. The number of halogens is 3. The monoisotopic (exact) mass is 243 g/mol. The van der Waals surface area contributed by atoms with Crippen LogP contribution in [0.1, 0.15) is 15.9 Å². The molecule has 6 heteroatoms. The van der Waals surface area contributed by atoms with Crippen LogP contribution in [0.5, 0.6) is 0 Å². The average Bonchev–Trinajstić information content (AvgIpc) is 2.24. The Hall–Kier alpha value is -2.16. The van der Waals surface area contributed by atoms with Crippen molar-refractivity contribution in [3.05, 3.63) is 29.3 Å². The molecule has 0 spiro atoms. The smallest absolute Gasteiger partial charge is 0.416 e. The van der Waals surface area contributed by atoms with Gasteiger partial charge in [0.25, 0.3) is 0 Å². The molecular formula is C11H8F3NO2. The summed E-state index contributed by atoms with van der Waals surface area (Å²) in [7, 11) is 0. The maximum Gasteiger partial charge on any atom is 0.416 e. The molecule has 1 aromatic rings.